The van der Waals surface area contributed by atoms with E-state index in [4.69, 9.17) is 19.9 Å². The van der Waals surface area contributed by atoms with Crippen LogP contribution in [0.5, 0.6) is 0 Å². The van der Waals surface area contributed by atoms with Crippen LogP contribution in [0.2, 0.25) is 0 Å². The van der Waals surface area contributed by atoms with Gasteiger partial charge in [0, 0.05) is 66.3 Å². The minimum absolute atomic E-state index is 0.0626. The van der Waals surface area contributed by atoms with Crippen molar-refractivity contribution in [1.82, 2.24) is 38.6 Å². The molecular formula is C127H79N11. The Labute approximate surface area is 794 Å². The SMILES string of the molecule is CC1(C)c2ccccc2-c2ccc(-c3ccc4c(c3)c3cc(-c5ccccc5)ccc3n4-c3cc(C#N)c4ccccc4n3)cc21.N#Cc1cc(-n2c3ccccc3c3cc(-c4ccc(-c5cccc6ccccc56)cc4)ccc32)nc2cc(-c3ccncc3)ccc12.N#Cc1nc(-n2c3ccc(-c4ccc(-c5ccccc5)c5ccccc45)cc3c3c4ccccc4ccc32)nc2ccccc12. The number of hydrogen-bond donors (Lipinski definition) is 0. The zero-order valence-corrected chi connectivity index (χ0v) is 75.1. The summed E-state index contributed by atoms with van der Waals surface area (Å²) in [6, 6.07) is 158. The van der Waals surface area contributed by atoms with E-state index in [0.717, 1.165) is 138 Å². The molecule has 27 rings (SSSR count). The Kier molecular flexibility index (Phi) is 19.5. The number of nitrogens with zero attached hydrogens (tertiary/aromatic N) is 11. The number of hydrogen-bond acceptors (Lipinski definition) is 8. The number of fused-ring (bicyclic) bond motifs is 19. The summed E-state index contributed by atoms with van der Waals surface area (Å²) in [5.74, 6) is 1.96. The van der Waals surface area contributed by atoms with Gasteiger partial charge in [0.2, 0.25) is 5.95 Å². The highest BCUT2D eigenvalue weighted by atomic mass is 15.2. The van der Waals surface area contributed by atoms with Crippen LogP contribution in [0.1, 0.15) is 41.8 Å². The standard InChI is InChI=1S/C43H26N4.C43H29N3.C41H24N4/c44-27-34-26-43(46-40-25-33(16-18-37(34)40)29-20-22-45-23-21-29)47-41-11-4-3-9-38(41)39-24-32(17-19-42(39)47)28-12-14-31(15-13-28)36-10-5-7-30-6-1-2-8-35(30)36;1-43(2)37-14-8-6-13-33(37)34-19-16-30(24-38(34)43)29-18-21-41-36(23-29)35-22-28(27-10-4-3-5-11-27)17-20-40(35)46(41)42-25-31(26-44)32-12-7-9-15-39(32)45-42;42-25-37-34-16-8-9-17-36(34)43-41(44-37)45-38-22-19-28(24-35(38)40-31-13-5-4-12-27(31)18-23-39(40)45)30-21-20-29(26-10-2-1-3-11-26)32-14-6-7-15-33(30)32/h1-26H;3-25H,1-2H3;1-24H. The Morgan fingerprint density at radius 2 is 0.630 bits per heavy atom. The largest absolute Gasteiger partial charge is 0.294 e. The van der Waals surface area contributed by atoms with E-state index in [1.807, 2.05) is 84.9 Å². The summed E-state index contributed by atoms with van der Waals surface area (Å²) in [7, 11) is 0. The quantitative estimate of drug-likeness (QED) is 0.131. The lowest BCUT2D eigenvalue weighted by molar-refractivity contribution is 0.660. The van der Waals surface area contributed by atoms with Crippen molar-refractivity contribution < 1.29 is 0 Å². The Balaban J connectivity index is 0.000000110. The predicted molar refractivity (Wildman–Crippen MR) is 566 cm³/mol. The highest BCUT2D eigenvalue weighted by molar-refractivity contribution is 6.23. The predicted octanol–water partition coefficient (Wildman–Crippen LogP) is 31.8. The van der Waals surface area contributed by atoms with Crippen molar-refractivity contribution in [3.63, 3.8) is 0 Å². The van der Waals surface area contributed by atoms with E-state index in [0.29, 0.717) is 22.8 Å². The molecule has 1 aliphatic carbocycles. The van der Waals surface area contributed by atoms with Crippen LogP contribution in [0.3, 0.4) is 0 Å². The van der Waals surface area contributed by atoms with Gasteiger partial charge in [0.15, 0.2) is 5.69 Å². The summed E-state index contributed by atoms with van der Waals surface area (Å²) in [4.78, 5) is 24.1. The number of benzene rings is 19. The maximum Gasteiger partial charge on any atom is 0.236 e. The highest BCUT2D eigenvalue weighted by Crippen LogP contribution is 2.51. The summed E-state index contributed by atoms with van der Waals surface area (Å²) in [5, 5.41) is 46.9. The minimum Gasteiger partial charge on any atom is -0.294 e. The van der Waals surface area contributed by atoms with Crippen LogP contribution in [0.4, 0.5) is 0 Å². The average Bonchev–Trinajstić information content (AvgIpc) is 1.60. The van der Waals surface area contributed by atoms with E-state index in [-0.39, 0.29) is 5.41 Å². The molecule has 26 aromatic rings. The lowest BCUT2D eigenvalue weighted by Gasteiger charge is -2.22. The second-order valence-electron chi connectivity index (χ2n) is 35.9. The first-order valence-electron chi connectivity index (χ1n) is 46.3. The molecule has 0 N–H and O–H groups in total. The van der Waals surface area contributed by atoms with Gasteiger partial charge >= 0.3 is 0 Å². The lowest BCUT2D eigenvalue weighted by atomic mass is 9.81. The summed E-state index contributed by atoms with van der Waals surface area (Å²) < 4.78 is 6.49. The van der Waals surface area contributed by atoms with Crippen molar-refractivity contribution in [2.24, 2.45) is 0 Å². The van der Waals surface area contributed by atoms with Gasteiger partial charge in [0.25, 0.3) is 0 Å². The fourth-order valence-corrected chi connectivity index (χ4v) is 21.2. The third kappa shape index (κ3) is 13.7. The van der Waals surface area contributed by atoms with Gasteiger partial charge < -0.3 is 0 Å². The number of nitriles is 3. The molecule has 0 aliphatic heterocycles. The molecule has 11 heteroatoms. The second-order valence-corrected chi connectivity index (χ2v) is 35.9. The van der Waals surface area contributed by atoms with Gasteiger partial charge in [0.05, 0.1) is 72.9 Å². The topological polar surface area (TPSA) is 151 Å². The molecule has 0 spiro atoms. The smallest absolute Gasteiger partial charge is 0.236 e. The molecule has 1 aliphatic rings. The number of para-hydroxylation sites is 3. The first kappa shape index (κ1) is 81.2. The van der Waals surface area contributed by atoms with Gasteiger partial charge in [-0.1, -0.05) is 329 Å². The molecule has 0 unspecified atom stereocenters. The molecule has 0 fully saturated rings. The van der Waals surface area contributed by atoms with Crippen molar-refractivity contribution in [1.29, 1.82) is 15.8 Å². The lowest BCUT2D eigenvalue weighted by Crippen LogP contribution is -2.14. The molecule has 0 bridgehead atoms. The molecule has 19 aromatic carbocycles. The molecule has 138 heavy (non-hydrogen) atoms. The molecule has 642 valence electrons. The first-order chi connectivity index (χ1) is 68.0. The normalized spacial score (nSPS) is 12.0. The van der Waals surface area contributed by atoms with Crippen LogP contribution in [0.25, 0.3) is 237 Å². The number of pyridine rings is 3. The van der Waals surface area contributed by atoms with Crippen molar-refractivity contribution >= 4 is 130 Å². The molecule has 0 saturated carbocycles. The molecule has 0 amide bonds. The summed E-state index contributed by atoms with van der Waals surface area (Å²) in [6.07, 6.45) is 3.58. The van der Waals surface area contributed by atoms with E-state index in [1.54, 1.807) is 12.4 Å². The zero-order chi connectivity index (χ0) is 92.2. The van der Waals surface area contributed by atoms with Crippen molar-refractivity contribution in [2.45, 2.75) is 19.3 Å². The molecule has 0 atom stereocenters. The van der Waals surface area contributed by atoms with Crippen LogP contribution >= 0.6 is 0 Å². The maximum absolute atomic E-state index is 10.2. The third-order valence-electron chi connectivity index (χ3n) is 27.9. The molecule has 0 radical (unpaired) electrons. The summed E-state index contributed by atoms with van der Waals surface area (Å²) in [5.41, 5.74) is 31.8. The number of rotatable bonds is 10. The van der Waals surface area contributed by atoms with E-state index in [9.17, 15) is 15.8 Å². The molecule has 7 aromatic heterocycles. The van der Waals surface area contributed by atoms with E-state index < -0.39 is 0 Å². The van der Waals surface area contributed by atoms with Crippen molar-refractivity contribution in [3.8, 4) is 125 Å². The minimum atomic E-state index is -0.0626. The Bertz CT molecular complexity index is 9660. The van der Waals surface area contributed by atoms with Gasteiger partial charge in [-0.2, -0.15) is 15.8 Å². The van der Waals surface area contributed by atoms with Crippen LogP contribution < -0.4 is 0 Å². The van der Waals surface area contributed by atoms with Gasteiger partial charge in [0.1, 0.15) is 17.7 Å². The van der Waals surface area contributed by atoms with Gasteiger partial charge in [-0.25, -0.2) is 19.9 Å². The second kappa shape index (κ2) is 33.1. The Morgan fingerprint density at radius 3 is 1.30 bits per heavy atom. The Hall–Kier alpha value is -18.9. The third-order valence-corrected chi connectivity index (χ3v) is 27.9. The van der Waals surface area contributed by atoms with E-state index >= 15 is 0 Å². The molecule has 11 nitrogen and oxygen atoms in total. The fourth-order valence-electron chi connectivity index (χ4n) is 21.2. The average molecular weight is 1760 g/mol. The van der Waals surface area contributed by atoms with Crippen molar-refractivity contribution in [3.05, 3.63) is 471 Å². The number of aromatic nitrogens is 8. The molecular weight excluding hydrogens is 1680 g/mol. The summed E-state index contributed by atoms with van der Waals surface area (Å²) in [6.45, 7) is 4.66. The van der Waals surface area contributed by atoms with Gasteiger partial charge in [-0.05, 0) is 248 Å². The Morgan fingerprint density at radius 1 is 0.225 bits per heavy atom. The molecule has 7 heterocycles. The first-order valence-corrected chi connectivity index (χ1v) is 46.3. The van der Waals surface area contributed by atoms with Crippen LogP contribution in [-0.4, -0.2) is 38.6 Å². The maximum atomic E-state index is 10.2. The van der Waals surface area contributed by atoms with Crippen LogP contribution in [0.15, 0.2) is 443 Å². The van der Waals surface area contributed by atoms with Gasteiger partial charge in [-0.3, -0.25) is 18.7 Å². The van der Waals surface area contributed by atoms with Gasteiger partial charge in [-0.15, -0.1) is 0 Å². The monoisotopic (exact) mass is 1760 g/mol. The van der Waals surface area contributed by atoms with E-state index in [2.05, 4.69) is 397 Å². The van der Waals surface area contributed by atoms with Crippen molar-refractivity contribution in [2.75, 3.05) is 0 Å². The zero-order valence-electron chi connectivity index (χ0n) is 75.1. The van der Waals surface area contributed by atoms with E-state index in [1.165, 1.54) is 105 Å². The molecule has 0 saturated heterocycles. The van der Waals surface area contributed by atoms with Crippen LogP contribution in [0, 0.1) is 34.0 Å². The fraction of sp³-hybridized carbons (Fsp3) is 0.0236. The summed E-state index contributed by atoms with van der Waals surface area (Å²) >= 11 is 0. The highest BCUT2D eigenvalue weighted by Gasteiger charge is 2.36. The van der Waals surface area contributed by atoms with Crippen LogP contribution in [-0.2, 0) is 5.41 Å².